The van der Waals surface area contributed by atoms with Crippen LogP contribution in [0, 0.1) is 5.92 Å². The van der Waals surface area contributed by atoms with Gasteiger partial charge < -0.3 is 10.2 Å². The third kappa shape index (κ3) is 5.13. The summed E-state index contributed by atoms with van der Waals surface area (Å²) in [4.78, 5) is 26.9. The lowest BCUT2D eigenvalue weighted by Gasteiger charge is -2.29. The second kappa shape index (κ2) is 8.78. The number of benzene rings is 1. The van der Waals surface area contributed by atoms with Crippen LogP contribution in [0.15, 0.2) is 29.6 Å². The van der Waals surface area contributed by atoms with Crippen LogP contribution in [0.5, 0.6) is 0 Å². The van der Waals surface area contributed by atoms with Gasteiger partial charge in [0.1, 0.15) is 0 Å². The molecule has 0 bridgehead atoms. The first-order valence-corrected chi connectivity index (χ1v) is 11.7. The molecule has 1 aliphatic carbocycles. The Morgan fingerprint density at radius 2 is 1.93 bits per heavy atom. The summed E-state index contributed by atoms with van der Waals surface area (Å²) in [5.41, 5.74) is 0.655. The van der Waals surface area contributed by atoms with Gasteiger partial charge in [-0.3, -0.25) is 9.59 Å². The molecule has 1 unspecified atom stereocenters. The Kier molecular flexibility index (Phi) is 6.57. The van der Waals surface area contributed by atoms with E-state index in [0.29, 0.717) is 11.5 Å². The van der Waals surface area contributed by atoms with E-state index in [1.165, 1.54) is 14.1 Å². The second-order valence-corrected chi connectivity index (χ2v) is 10.3. The van der Waals surface area contributed by atoms with E-state index in [9.17, 15) is 18.0 Å². The number of nitrogens with zero attached hydrogens (tertiary/aromatic N) is 2. The van der Waals surface area contributed by atoms with Crippen molar-refractivity contribution in [1.82, 2.24) is 19.2 Å². The minimum atomic E-state index is -3.66. The van der Waals surface area contributed by atoms with Gasteiger partial charge in [0.05, 0.1) is 12.6 Å². The van der Waals surface area contributed by atoms with E-state index in [1.807, 2.05) is 29.6 Å². The zero-order chi connectivity index (χ0) is 21.2. The molecule has 0 aliphatic heterocycles. The molecule has 0 radical (unpaired) electrons. The molecule has 1 heterocycles. The smallest absolute Gasteiger partial charge is 0.279 e. The van der Waals surface area contributed by atoms with Crippen molar-refractivity contribution in [2.75, 3.05) is 34.2 Å². The van der Waals surface area contributed by atoms with Crippen LogP contribution in [0.2, 0.25) is 0 Å². The number of rotatable bonds is 9. The van der Waals surface area contributed by atoms with Gasteiger partial charge in [0.15, 0.2) is 0 Å². The summed E-state index contributed by atoms with van der Waals surface area (Å²) in [6, 6.07) is 7.51. The first kappa shape index (κ1) is 21.7. The first-order valence-electron chi connectivity index (χ1n) is 9.38. The van der Waals surface area contributed by atoms with Crippen LogP contribution < -0.4 is 10.0 Å². The van der Waals surface area contributed by atoms with Crippen LogP contribution in [-0.2, 0) is 15.0 Å². The molecule has 3 rings (SSSR count). The van der Waals surface area contributed by atoms with Gasteiger partial charge in [-0.15, -0.1) is 11.3 Å². The van der Waals surface area contributed by atoms with Crippen molar-refractivity contribution in [3.05, 3.63) is 35.2 Å². The summed E-state index contributed by atoms with van der Waals surface area (Å²) in [7, 11) is 0.877. The lowest BCUT2D eigenvalue weighted by Crippen LogP contribution is -2.48. The maximum absolute atomic E-state index is 13.1. The molecule has 1 aromatic heterocycles. The Bertz CT molecular complexity index is 999. The summed E-state index contributed by atoms with van der Waals surface area (Å²) in [6.07, 6.45) is 2.02. The van der Waals surface area contributed by atoms with Gasteiger partial charge in [-0.05, 0) is 42.3 Å². The van der Waals surface area contributed by atoms with E-state index in [1.54, 1.807) is 23.3 Å². The predicted octanol–water partition coefficient (Wildman–Crippen LogP) is 1.26. The van der Waals surface area contributed by atoms with E-state index in [2.05, 4.69) is 10.0 Å². The number of amides is 2. The van der Waals surface area contributed by atoms with Gasteiger partial charge in [0.2, 0.25) is 5.91 Å². The van der Waals surface area contributed by atoms with E-state index >= 15 is 0 Å². The number of carbonyl (C=O) groups is 2. The Balaban J connectivity index is 1.63. The molecule has 1 atom stereocenters. The highest BCUT2D eigenvalue weighted by molar-refractivity contribution is 7.87. The average molecular weight is 439 g/mol. The maximum atomic E-state index is 13.1. The van der Waals surface area contributed by atoms with Crippen molar-refractivity contribution in [3.63, 3.8) is 0 Å². The molecule has 2 aromatic rings. The topological polar surface area (TPSA) is 98.8 Å². The first-order chi connectivity index (χ1) is 13.7. The molecule has 2 amide bonds. The number of thiophene rings is 1. The fourth-order valence-electron chi connectivity index (χ4n) is 3.19. The third-order valence-electron chi connectivity index (χ3n) is 5.11. The fourth-order valence-corrected chi connectivity index (χ4v) is 4.57. The van der Waals surface area contributed by atoms with Crippen LogP contribution in [-0.4, -0.2) is 69.7 Å². The van der Waals surface area contributed by atoms with Crippen LogP contribution in [0.4, 0.5) is 0 Å². The Morgan fingerprint density at radius 3 is 2.59 bits per heavy atom. The molecule has 8 nitrogen and oxygen atoms in total. The lowest BCUT2D eigenvalue weighted by molar-refractivity contribution is -0.120. The minimum absolute atomic E-state index is 0.0755. The van der Waals surface area contributed by atoms with Gasteiger partial charge in [-0.25, -0.2) is 0 Å². The number of nitrogens with one attached hydrogen (secondary N) is 2. The summed E-state index contributed by atoms with van der Waals surface area (Å²) in [5, 5.41) is 5.66. The lowest BCUT2D eigenvalue weighted by atomic mass is 10.1. The van der Waals surface area contributed by atoms with E-state index in [-0.39, 0.29) is 25.0 Å². The fraction of sp³-hybridized carbons (Fsp3) is 0.474. The highest BCUT2D eigenvalue weighted by Gasteiger charge is 2.36. The van der Waals surface area contributed by atoms with Crippen molar-refractivity contribution in [2.45, 2.75) is 18.9 Å². The van der Waals surface area contributed by atoms with Crippen molar-refractivity contribution >= 4 is 43.4 Å². The van der Waals surface area contributed by atoms with E-state index in [4.69, 9.17) is 0 Å². The van der Waals surface area contributed by atoms with Gasteiger partial charge in [0, 0.05) is 43.3 Å². The molecule has 1 fully saturated rings. The molecule has 10 heteroatoms. The standard InChI is InChI=1S/C19H26N4O4S2/c1-22(2)29(26,27)21-12-18(24)20-11-16(13-7-8-13)23(3)19(25)15-5-4-6-17-14(15)9-10-28-17/h4-6,9-10,13,16,21H,7-8,11-12H2,1-3H3,(H,20,24). The molecule has 2 N–H and O–H groups in total. The molecule has 0 spiro atoms. The number of likely N-dealkylation sites (N-methyl/N-ethyl adjacent to an activating group) is 1. The summed E-state index contributed by atoms with van der Waals surface area (Å²) < 4.78 is 27.7. The molecular weight excluding hydrogens is 412 g/mol. The zero-order valence-corrected chi connectivity index (χ0v) is 18.3. The summed E-state index contributed by atoms with van der Waals surface area (Å²) >= 11 is 1.59. The Hall–Kier alpha value is -2.01. The van der Waals surface area contributed by atoms with Gasteiger partial charge in [-0.1, -0.05) is 6.07 Å². The van der Waals surface area contributed by atoms with Gasteiger partial charge >= 0.3 is 0 Å². The van der Waals surface area contributed by atoms with Gasteiger partial charge in [0.25, 0.3) is 16.1 Å². The molecule has 158 valence electrons. The second-order valence-electron chi connectivity index (χ2n) is 7.37. The Labute approximate surface area is 175 Å². The Morgan fingerprint density at radius 1 is 1.21 bits per heavy atom. The molecule has 29 heavy (non-hydrogen) atoms. The van der Waals surface area contributed by atoms with E-state index in [0.717, 1.165) is 27.2 Å². The van der Waals surface area contributed by atoms with Gasteiger partial charge in [-0.2, -0.15) is 17.4 Å². The highest BCUT2D eigenvalue weighted by atomic mass is 32.2. The molecule has 1 saturated carbocycles. The number of hydrogen-bond donors (Lipinski definition) is 2. The molecule has 1 aliphatic rings. The predicted molar refractivity (Wildman–Crippen MR) is 114 cm³/mol. The largest absolute Gasteiger partial charge is 0.353 e. The molecule has 0 saturated heterocycles. The monoisotopic (exact) mass is 438 g/mol. The van der Waals surface area contributed by atoms with Crippen LogP contribution in [0.3, 0.4) is 0 Å². The zero-order valence-electron chi connectivity index (χ0n) is 16.7. The number of hydrogen-bond acceptors (Lipinski definition) is 5. The van der Waals surface area contributed by atoms with Crippen molar-refractivity contribution in [1.29, 1.82) is 0 Å². The van der Waals surface area contributed by atoms with Crippen LogP contribution in [0.1, 0.15) is 23.2 Å². The van der Waals surface area contributed by atoms with Crippen LogP contribution >= 0.6 is 11.3 Å². The molecular formula is C19H26N4O4S2. The highest BCUT2D eigenvalue weighted by Crippen LogP contribution is 2.35. The normalized spacial score (nSPS) is 15.4. The number of fused-ring (bicyclic) bond motifs is 1. The molecule has 1 aromatic carbocycles. The quantitative estimate of drug-likeness (QED) is 0.616. The maximum Gasteiger partial charge on any atom is 0.279 e. The third-order valence-corrected chi connectivity index (χ3v) is 7.47. The average Bonchev–Trinajstić information content (AvgIpc) is 3.40. The minimum Gasteiger partial charge on any atom is -0.353 e. The van der Waals surface area contributed by atoms with Crippen molar-refractivity contribution < 1.29 is 18.0 Å². The van der Waals surface area contributed by atoms with E-state index < -0.39 is 16.1 Å². The summed E-state index contributed by atoms with van der Waals surface area (Å²) in [5.74, 6) is -0.167. The van der Waals surface area contributed by atoms with Crippen molar-refractivity contribution in [2.24, 2.45) is 5.92 Å². The SMILES string of the molecule is CN(C(=O)c1cccc2sccc12)C(CNC(=O)CNS(=O)(=O)N(C)C)C1CC1. The summed E-state index contributed by atoms with van der Waals surface area (Å²) in [6.45, 7) is -0.0567. The van der Waals surface area contributed by atoms with Crippen LogP contribution in [0.25, 0.3) is 10.1 Å². The number of carbonyl (C=O) groups excluding carboxylic acids is 2. The van der Waals surface area contributed by atoms with Crippen molar-refractivity contribution in [3.8, 4) is 0 Å².